The van der Waals surface area contributed by atoms with Crippen molar-refractivity contribution in [1.29, 1.82) is 0 Å². The Hall–Kier alpha value is -1.72. The fraction of sp³-hybridized carbons (Fsp3) is 0. The minimum atomic E-state index is -4.44. The molecule has 12 nitrogen and oxygen atoms in total. The Morgan fingerprint density at radius 3 is 1.29 bits per heavy atom. The van der Waals surface area contributed by atoms with Gasteiger partial charge in [-0.1, -0.05) is 12.1 Å². The van der Waals surface area contributed by atoms with Gasteiger partial charge < -0.3 is 10.2 Å². The van der Waals surface area contributed by atoms with Crippen LogP contribution in [-0.2, 0) is 20.2 Å². The van der Waals surface area contributed by atoms with Crippen LogP contribution < -0.4 is 0 Å². The van der Waals surface area contributed by atoms with E-state index < -0.39 is 41.5 Å². The molecule has 0 spiro atoms. The second-order valence-corrected chi connectivity index (χ2v) is 9.02. The second kappa shape index (κ2) is 12.3. The second-order valence-electron chi connectivity index (χ2n) is 6.17. The minimum Gasteiger partial charge on any atom is -0.505 e. The number of azo groups is 2. The molecule has 0 unspecified atom stereocenters. The smallest absolute Gasteiger partial charge is 0.294 e. The normalized spacial score (nSPS) is 11.8. The number of rotatable bonds is 6. The molecule has 16 heteroatoms. The predicted octanol–water partition coefficient (Wildman–Crippen LogP) is 3.66. The zero-order valence-corrected chi connectivity index (χ0v) is 23.4. The van der Waals surface area contributed by atoms with Crippen LogP contribution in [0.15, 0.2) is 90.9 Å². The van der Waals surface area contributed by atoms with Crippen LogP contribution in [0.5, 0.6) is 11.5 Å². The van der Waals surface area contributed by atoms with E-state index in [0.717, 1.165) is 36.4 Å². The quantitative estimate of drug-likeness (QED) is 0.213. The molecule has 3 aromatic rings. The molecule has 0 atom stereocenters. The summed E-state index contributed by atoms with van der Waals surface area (Å²) in [6, 6.07) is 11.9. The first kappa shape index (κ1) is 30.3. The van der Waals surface area contributed by atoms with Crippen LogP contribution in [0.3, 0.4) is 0 Å². The van der Waals surface area contributed by atoms with E-state index in [1.165, 1.54) is 24.3 Å². The summed E-state index contributed by atoms with van der Waals surface area (Å²) in [4.78, 5) is -0.795. The summed E-state index contributed by atoms with van der Waals surface area (Å²) in [7, 11) is -8.88. The Balaban J connectivity index is 0.00000289. The van der Waals surface area contributed by atoms with Gasteiger partial charge in [-0.05, 0) is 36.4 Å². The van der Waals surface area contributed by atoms with Crippen LogP contribution in [0.4, 0.5) is 22.7 Å². The van der Waals surface area contributed by atoms with E-state index in [-0.39, 0.29) is 81.9 Å². The molecule has 4 N–H and O–H groups in total. The summed E-state index contributed by atoms with van der Waals surface area (Å²) in [6.07, 6.45) is 0. The van der Waals surface area contributed by atoms with Gasteiger partial charge >= 0.3 is 0 Å². The minimum absolute atomic E-state index is 0. The topological polar surface area (TPSA) is 199 Å². The average molecular weight is 524 g/mol. The Labute approximate surface area is 238 Å². The molecule has 0 fully saturated rings. The third kappa shape index (κ3) is 8.20. The summed E-state index contributed by atoms with van der Waals surface area (Å²) in [6.45, 7) is 0. The van der Waals surface area contributed by atoms with Crippen molar-refractivity contribution in [2.75, 3.05) is 0 Å². The molecule has 0 bridgehead atoms. The van der Waals surface area contributed by atoms with Gasteiger partial charge in [0.05, 0.1) is 21.2 Å². The molecule has 168 valence electrons. The van der Waals surface area contributed by atoms with Crippen molar-refractivity contribution in [1.82, 2.24) is 0 Å². The van der Waals surface area contributed by atoms with Gasteiger partial charge in [0, 0.05) is 71.2 Å². The maximum Gasteiger partial charge on any atom is 0.294 e. The maximum atomic E-state index is 11.2. The van der Waals surface area contributed by atoms with Gasteiger partial charge in [0.25, 0.3) is 20.2 Å². The number of hydrogen-bond donors (Lipinski definition) is 4. The fourth-order valence-corrected chi connectivity index (χ4v) is 3.39. The molecule has 0 amide bonds. The first-order chi connectivity index (χ1) is 14.9. The molecule has 0 aromatic heterocycles. The number of benzene rings is 3. The van der Waals surface area contributed by atoms with E-state index in [1.54, 1.807) is 0 Å². The van der Waals surface area contributed by atoms with E-state index in [9.17, 15) is 27.0 Å². The monoisotopic (exact) mass is 524 g/mol. The zero-order chi connectivity index (χ0) is 23.5. The Morgan fingerprint density at radius 2 is 0.941 bits per heavy atom. The van der Waals surface area contributed by atoms with E-state index in [2.05, 4.69) is 20.5 Å². The van der Waals surface area contributed by atoms with Crippen LogP contribution >= 0.6 is 0 Å². The van der Waals surface area contributed by atoms with Gasteiger partial charge in [0.15, 0.2) is 0 Å². The third-order valence-corrected chi connectivity index (χ3v) is 5.55. The largest absolute Gasteiger partial charge is 0.505 e. The first-order valence-electron chi connectivity index (χ1n) is 8.48. The van der Waals surface area contributed by atoms with Crippen molar-refractivity contribution in [2.24, 2.45) is 20.5 Å². The summed E-state index contributed by atoms with van der Waals surface area (Å²) in [5.74, 6) is -0.936. The summed E-state index contributed by atoms with van der Waals surface area (Å²) >= 11 is 0. The van der Waals surface area contributed by atoms with E-state index in [1.807, 2.05) is 0 Å². The Bertz CT molecular complexity index is 1360. The molecule has 3 aromatic carbocycles. The van der Waals surface area contributed by atoms with Crippen LogP contribution in [0.2, 0.25) is 0 Å². The van der Waals surface area contributed by atoms with Crippen LogP contribution in [0.1, 0.15) is 0 Å². The zero-order valence-electron chi connectivity index (χ0n) is 17.8. The van der Waals surface area contributed by atoms with Gasteiger partial charge in [-0.2, -0.15) is 27.1 Å². The van der Waals surface area contributed by atoms with Crippen molar-refractivity contribution in [3.63, 3.8) is 0 Å². The van der Waals surface area contributed by atoms with Gasteiger partial charge in [-0.25, -0.2) is 0 Å². The average Bonchev–Trinajstić information content (AvgIpc) is 2.71. The van der Waals surface area contributed by atoms with Crippen LogP contribution in [0, 0.1) is 0 Å². The summed E-state index contributed by atoms with van der Waals surface area (Å²) < 4.78 is 63.0. The maximum absolute atomic E-state index is 11.2. The van der Waals surface area contributed by atoms with E-state index in [0.29, 0.717) is 0 Å². The number of hydrogen-bond acceptors (Lipinski definition) is 10. The fourth-order valence-electron chi connectivity index (χ4n) is 2.35. The van der Waals surface area contributed by atoms with Crippen molar-refractivity contribution in [3.8, 4) is 11.5 Å². The molecule has 0 saturated carbocycles. The van der Waals surface area contributed by atoms with Crippen LogP contribution in [-0.4, -0.2) is 95.3 Å². The molecule has 0 aliphatic carbocycles. The summed E-state index contributed by atoms with van der Waals surface area (Å²) in [5, 5.41) is 35.1. The molecule has 0 saturated heterocycles. The third-order valence-electron chi connectivity index (χ3n) is 3.85. The number of aromatic hydroxyl groups is 2. The van der Waals surface area contributed by atoms with Gasteiger partial charge in [-0.15, -0.1) is 10.2 Å². The van der Waals surface area contributed by atoms with E-state index in [4.69, 9.17) is 9.11 Å². The molecule has 0 aliphatic rings. The van der Waals surface area contributed by atoms with Gasteiger partial charge in [-0.3, -0.25) is 9.11 Å². The first-order valence-corrected chi connectivity index (χ1v) is 11.4. The van der Waals surface area contributed by atoms with Crippen molar-refractivity contribution >= 4 is 102 Å². The molecular weight excluding hydrogens is 510 g/mol. The standard InChI is InChI=1S/C18H14N4O8S2.2Na/c23-17-10-18(24)16(22-20-12-4-2-6-14(8-12)32(28,29)30)9-15(17)21-19-11-3-1-5-13(7-11)31(25,26)27;;/h1-10,23-24H,(H,25,26,27)(H,28,29,30);;. The van der Waals surface area contributed by atoms with Crippen molar-refractivity contribution in [2.45, 2.75) is 9.79 Å². The molecular formula is C18H14N4Na2O8S2. The SMILES string of the molecule is O=S(=O)(O)c1cccc(N=Nc2cc(N=Nc3cccc(S(=O)(=O)O)c3)c(O)cc2O)c1.[Na].[Na]. The number of phenols is 2. The van der Waals surface area contributed by atoms with Crippen LogP contribution in [0.25, 0.3) is 0 Å². The van der Waals surface area contributed by atoms with E-state index >= 15 is 0 Å². The van der Waals surface area contributed by atoms with Gasteiger partial charge in [0.1, 0.15) is 22.9 Å². The number of nitrogens with zero attached hydrogens (tertiary/aromatic N) is 4. The van der Waals surface area contributed by atoms with Crippen molar-refractivity contribution in [3.05, 3.63) is 60.7 Å². The molecule has 34 heavy (non-hydrogen) atoms. The Morgan fingerprint density at radius 1 is 0.559 bits per heavy atom. The molecule has 2 radical (unpaired) electrons. The number of phenolic OH excluding ortho intramolecular Hbond substituents is 2. The Kier molecular flexibility index (Phi) is 11.0. The molecule has 3 rings (SSSR count). The van der Waals surface area contributed by atoms with Crippen molar-refractivity contribution < 1.29 is 36.2 Å². The molecule has 0 heterocycles. The van der Waals surface area contributed by atoms with Gasteiger partial charge in [0.2, 0.25) is 0 Å². The summed E-state index contributed by atoms with van der Waals surface area (Å²) in [5.41, 5.74) is -0.197. The molecule has 0 aliphatic heterocycles. The predicted molar refractivity (Wildman–Crippen MR) is 122 cm³/mol.